The number of benzene rings is 2. The molecule has 5 aliphatic rings. The summed E-state index contributed by atoms with van der Waals surface area (Å²) >= 11 is 0. The minimum atomic E-state index is -0.871. The van der Waals surface area contributed by atoms with Crippen LogP contribution in [0.1, 0.15) is 63.9 Å². The first kappa shape index (κ1) is 37.5. The zero-order chi connectivity index (χ0) is 39.9. The Balaban J connectivity index is 0.853. The first-order chi connectivity index (χ1) is 28.3. The van der Waals surface area contributed by atoms with Gasteiger partial charge in [-0.25, -0.2) is 19.8 Å². The standard InChI is InChI=1S/C42H47N7O9/c1-23(46-42(52)58-33-19-43-38-36(33)44-21-45-37(38)34-30(55-20-24-8-9-24)12-13-31-39(34)57-22-56-31)40(50)48-16-14-26(15-17-48)49-41(51)28-7-5-4-6-27(28)35(47-49)25-10-11-29(53-2)32(18-25)54-3/h10-13,18-19,21,23-24,26-28,43H,4-9,14-17,20,22H2,1-3H3,(H,46,52)/t23-,27+,28-/m1/s1. The molecule has 3 fully saturated rings. The first-order valence-corrected chi connectivity index (χ1v) is 20.1. The minimum absolute atomic E-state index is 0.0426. The van der Waals surface area contributed by atoms with Crippen LogP contribution in [0.3, 0.4) is 0 Å². The van der Waals surface area contributed by atoms with Gasteiger partial charge in [-0.15, -0.1) is 0 Å². The van der Waals surface area contributed by atoms with Crippen LogP contribution < -0.4 is 33.7 Å². The number of aromatic nitrogens is 3. The van der Waals surface area contributed by atoms with Crippen molar-refractivity contribution in [3.63, 3.8) is 0 Å². The highest BCUT2D eigenvalue weighted by atomic mass is 16.7. The number of nitrogens with zero attached hydrogens (tertiary/aromatic N) is 5. The lowest BCUT2D eigenvalue weighted by Crippen LogP contribution is -2.55. The Morgan fingerprint density at radius 3 is 2.48 bits per heavy atom. The number of H-pyrrole nitrogens is 1. The minimum Gasteiger partial charge on any atom is -0.493 e. The van der Waals surface area contributed by atoms with Crippen molar-refractivity contribution >= 4 is 34.7 Å². The molecule has 3 amide bonds. The van der Waals surface area contributed by atoms with Crippen LogP contribution in [0.4, 0.5) is 4.79 Å². The molecule has 3 aliphatic heterocycles. The summed E-state index contributed by atoms with van der Waals surface area (Å²) < 4.78 is 34.4. The Morgan fingerprint density at radius 2 is 1.71 bits per heavy atom. The molecule has 1 saturated heterocycles. The summed E-state index contributed by atoms with van der Waals surface area (Å²) in [6.45, 7) is 3.12. The number of hydrogen-bond acceptors (Lipinski definition) is 12. The molecule has 2 aromatic carbocycles. The van der Waals surface area contributed by atoms with Crippen LogP contribution in [0.2, 0.25) is 0 Å². The third-order valence-electron chi connectivity index (χ3n) is 11.9. The quantitative estimate of drug-likeness (QED) is 0.191. The fourth-order valence-corrected chi connectivity index (χ4v) is 8.64. The molecule has 0 bridgehead atoms. The third kappa shape index (κ3) is 7.08. The van der Waals surface area contributed by atoms with Gasteiger partial charge in [0.05, 0.1) is 43.7 Å². The van der Waals surface area contributed by atoms with Gasteiger partial charge >= 0.3 is 6.09 Å². The second kappa shape index (κ2) is 15.7. The van der Waals surface area contributed by atoms with Crippen molar-refractivity contribution in [2.75, 3.05) is 40.7 Å². The maximum Gasteiger partial charge on any atom is 0.413 e. The van der Waals surface area contributed by atoms with Crippen LogP contribution in [-0.4, -0.2) is 101 Å². The summed E-state index contributed by atoms with van der Waals surface area (Å²) in [5.74, 6) is 3.37. The third-order valence-corrected chi connectivity index (χ3v) is 11.9. The molecule has 16 heteroatoms. The molecule has 2 saturated carbocycles. The van der Waals surface area contributed by atoms with Crippen molar-refractivity contribution in [3.8, 4) is 45.8 Å². The molecule has 16 nitrogen and oxygen atoms in total. The van der Waals surface area contributed by atoms with Crippen LogP contribution in [0.25, 0.3) is 22.3 Å². The van der Waals surface area contributed by atoms with Gasteiger partial charge in [-0.1, -0.05) is 12.8 Å². The number of rotatable bonds is 11. The number of amides is 3. The lowest BCUT2D eigenvalue weighted by atomic mass is 9.73. The lowest BCUT2D eigenvalue weighted by molar-refractivity contribution is -0.143. The second-order valence-electron chi connectivity index (χ2n) is 15.6. The number of nitrogens with one attached hydrogen (secondary N) is 2. The summed E-state index contributed by atoms with van der Waals surface area (Å²) in [6.07, 6.45) is 9.30. The topological polar surface area (TPSA) is 179 Å². The lowest BCUT2D eigenvalue weighted by Gasteiger charge is -2.43. The van der Waals surface area contributed by atoms with Crippen LogP contribution >= 0.6 is 0 Å². The van der Waals surface area contributed by atoms with E-state index in [1.165, 1.54) is 12.5 Å². The SMILES string of the molecule is COc1ccc(C2=NN(C3CCN(C(=O)[C@@H](C)NC(=O)Oc4c[nH]c5c(-c6c(OCC7CC7)ccc7c6OCO7)ncnc45)CC3)C(=O)[C@@H]3CCCC[C@H]23)cc1OC. The molecule has 304 valence electrons. The highest BCUT2D eigenvalue weighted by molar-refractivity contribution is 6.07. The van der Waals surface area contributed by atoms with Gasteiger partial charge in [0.2, 0.25) is 18.6 Å². The zero-order valence-electron chi connectivity index (χ0n) is 32.8. The second-order valence-corrected chi connectivity index (χ2v) is 15.6. The summed E-state index contributed by atoms with van der Waals surface area (Å²) in [4.78, 5) is 54.6. The fourth-order valence-electron chi connectivity index (χ4n) is 8.64. The number of ether oxygens (including phenoxy) is 6. The van der Waals surface area contributed by atoms with E-state index in [9.17, 15) is 14.4 Å². The normalized spacial score (nSPS) is 20.9. The largest absolute Gasteiger partial charge is 0.493 e. The maximum absolute atomic E-state index is 13.9. The number of hydrogen-bond donors (Lipinski definition) is 2. The van der Waals surface area contributed by atoms with Crippen molar-refractivity contribution in [1.82, 2.24) is 30.2 Å². The molecular formula is C42H47N7O9. The van der Waals surface area contributed by atoms with E-state index < -0.39 is 12.1 Å². The van der Waals surface area contributed by atoms with Crippen molar-refractivity contribution in [2.45, 2.75) is 70.4 Å². The summed E-state index contributed by atoms with van der Waals surface area (Å²) in [5.41, 5.74) is 3.83. The molecule has 2 aliphatic carbocycles. The number of carbonyl (C=O) groups is 3. The fraction of sp³-hybridized carbons (Fsp3) is 0.476. The predicted octanol–water partition coefficient (Wildman–Crippen LogP) is 5.68. The highest BCUT2D eigenvalue weighted by Gasteiger charge is 2.44. The number of aromatic amines is 1. The van der Waals surface area contributed by atoms with Crippen molar-refractivity contribution < 1.29 is 42.8 Å². The number of fused-ring (bicyclic) bond motifs is 3. The van der Waals surface area contributed by atoms with E-state index in [0.29, 0.717) is 89.5 Å². The molecule has 5 heterocycles. The zero-order valence-corrected chi connectivity index (χ0v) is 32.8. The summed E-state index contributed by atoms with van der Waals surface area (Å²) in [6, 6.07) is 8.42. The Morgan fingerprint density at radius 1 is 0.931 bits per heavy atom. The van der Waals surface area contributed by atoms with E-state index >= 15 is 0 Å². The average Bonchev–Trinajstić information content (AvgIpc) is 3.81. The van der Waals surface area contributed by atoms with Gasteiger partial charge in [0, 0.05) is 36.7 Å². The number of carbonyl (C=O) groups excluding carboxylic acids is 3. The predicted molar refractivity (Wildman–Crippen MR) is 210 cm³/mol. The maximum atomic E-state index is 13.9. The van der Waals surface area contributed by atoms with E-state index in [0.717, 1.165) is 49.8 Å². The van der Waals surface area contributed by atoms with Gasteiger partial charge < -0.3 is 43.6 Å². The van der Waals surface area contributed by atoms with Crippen LogP contribution in [-0.2, 0) is 9.59 Å². The van der Waals surface area contributed by atoms with E-state index in [2.05, 4.69) is 20.3 Å². The van der Waals surface area contributed by atoms with Crippen molar-refractivity contribution in [1.29, 1.82) is 0 Å². The average molecular weight is 794 g/mol. The molecule has 0 unspecified atom stereocenters. The Hall–Kier alpha value is -6.06. The highest BCUT2D eigenvalue weighted by Crippen LogP contribution is 2.49. The molecule has 4 aromatic rings. The summed E-state index contributed by atoms with van der Waals surface area (Å²) in [5, 5.41) is 9.40. The van der Waals surface area contributed by atoms with E-state index in [-0.39, 0.29) is 42.2 Å². The Kier molecular flexibility index (Phi) is 10.2. The first-order valence-electron chi connectivity index (χ1n) is 20.1. The van der Waals surface area contributed by atoms with Gasteiger partial charge in [-0.2, -0.15) is 5.10 Å². The molecule has 3 atom stereocenters. The van der Waals surface area contributed by atoms with E-state index in [1.807, 2.05) is 30.3 Å². The monoisotopic (exact) mass is 793 g/mol. The molecule has 58 heavy (non-hydrogen) atoms. The van der Waals surface area contributed by atoms with Crippen molar-refractivity contribution in [3.05, 3.63) is 48.4 Å². The van der Waals surface area contributed by atoms with Gasteiger partial charge in [-0.3, -0.25) is 9.59 Å². The van der Waals surface area contributed by atoms with Gasteiger partial charge in [0.15, 0.2) is 28.7 Å². The molecule has 0 radical (unpaired) electrons. The number of methoxy groups -OCH3 is 2. The molecule has 2 N–H and O–H groups in total. The van der Waals surface area contributed by atoms with E-state index in [4.69, 9.17) is 33.5 Å². The van der Waals surface area contributed by atoms with Crippen LogP contribution in [0.15, 0.2) is 48.0 Å². The summed E-state index contributed by atoms with van der Waals surface area (Å²) in [7, 11) is 3.21. The van der Waals surface area contributed by atoms with Gasteiger partial charge in [-0.05, 0) is 81.7 Å². The van der Waals surface area contributed by atoms with Gasteiger partial charge in [0.25, 0.3) is 0 Å². The molecule has 9 rings (SSSR count). The Bertz CT molecular complexity index is 2260. The molecular weight excluding hydrogens is 747 g/mol. The molecule has 2 aromatic heterocycles. The molecule has 0 spiro atoms. The number of hydrazone groups is 1. The number of likely N-dealkylation sites (tertiary alicyclic amines) is 1. The Labute approximate surface area is 335 Å². The van der Waals surface area contributed by atoms with Crippen LogP contribution in [0.5, 0.6) is 34.5 Å². The van der Waals surface area contributed by atoms with Gasteiger partial charge in [0.1, 0.15) is 29.3 Å². The van der Waals surface area contributed by atoms with Crippen molar-refractivity contribution in [2.24, 2.45) is 22.9 Å². The van der Waals surface area contributed by atoms with E-state index in [1.54, 1.807) is 31.1 Å². The number of piperidine rings is 1. The smallest absolute Gasteiger partial charge is 0.413 e. The van der Waals surface area contributed by atoms with Crippen LogP contribution in [0, 0.1) is 17.8 Å².